The second kappa shape index (κ2) is 10.9. The lowest BCUT2D eigenvalue weighted by molar-refractivity contribution is -0.117. The van der Waals surface area contributed by atoms with Crippen LogP contribution in [0.1, 0.15) is 10.4 Å². The summed E-state index contributed by atoms with van der Waals surface area (Å²) in [5.41, 5.74) is 2.97. The molecule has 0 atom stereocenters. The number of nitrogens with zero attached hydrogens (tertiary/aromatic N) is 3. The number of benzene rings is 2. The SMILES string of the molecule is Cc1ccc(-n2c(SCC(=O)NC(=O)NCCc3cccs3)nnc2-c2ccccc2)cc1. The third-order valence-corrected chi connectivity index (χ3v) is 6.65. The number of nitrogens with one attached hydrogen (secondary N) is 2. The molecule has 4 rings (SSSR count). The number of thioether (sulfide) groups is 1. The average molecular weight is 478 g/mol. The summed E-state index contributed by atoms with van der Waals surface area (Å²) in [4.78, 5) is 25.5. The maximum absolute atomic E-state index is 12.3. The summed E-state index contributed by atoms with van der Waals surface area (Å²) in [6.45, 7) is 2.49. The maximum atomic E-state index is 12.3. The molecule has 2 aromatic carbocycles. The zero-order valence-corrected chi connectivity index (χ0v) is 19.7. The van der Waals surface area contributed by atoms with Crippen molar-refractivity contribution in [1.82, 2.24) is 25.4 Å². The summed E-state index contributed by atoms with van der Waals surface area (Å²) in [5.74, 6) is 0.332. The van der Waals surface area contributed by atoms with E-state index in [0.717, 1.165) is 23.2 Å². The largest absolute Gasteiger partial charge is 0.337 e. The van der Waals surface area contributed by atoms with Crippen LogP contribution in [0, 0.1) is 6.92 Å². The lowest BCUT2D eigenvalue weighted by atomic mass is 10.2. The summed E-state index contributed by atoms with van der Waals surface area (Å²) >= 11 is 2.87. The zero-order valence-electron chi connectivity index (χ0n) is 18.0. The average Bonchev–Trinajstić information content (AvgIpc) is 3.49. The molecular weight excluding hydrogens is 454 g/mol. The Bertz CT molecular complexity index is 1210. The van der Waals surface area contributed by atoms with Crippen molar-refractivity contribution in [2.24, 2.45) is 0 Å². The Morgan fingerprint density at radius 2 is 1.79 bits per heavy atom. The molecule has 0 radical (unpaired) electrons. The van der Waals surface area contributed by atoms with Gasteiger partial charge in [0.2, 0.25) is 5.91 Å². The topological polar surface area (TPSA) is 88.9 Å². The number of thiophene rings is 1. The lowest BCUT2D eigenvalue weighted by Gasteiger charge is -2.11. The fourth-order valence-electron chi connectivity index (χ4n) is 3.16. The molecule has 0 saturated heterocycles. The molecule has 33 heavy (non-hydrogen) atoms. The first kappa shape index (κ1) is 22.8. The number of carbonyl (C=O) groups excluding carboxylic acids is 2. The van der Waals surface area contributed by atoms with Gasteiger partial charge >= 0.3 is 6.03 Å². The van der Waals surface area contributed by atoms with Crippen LogP contribution in [0.2, 0.25) is 0 Å². The van der Waals surface area contributed by atoms with Crippen molar-refractivity contribution >= 4 is 35.0 Å². The van der Waals surface area contributed by atoms with Gasteiger partial charge in [0.1, 0.15) is 0 Å². The summed E-state index contributed by atoms with van der Waals surface area (Å²) in [7, 11) is 0. The van der Waals surface area contributed by atoms with E-state index < -0.39 is 11.9 Å². The lowest BCUT2D eigenvalue weighted by Crippen LogP contribution is -2.41. The number of urea groups is 1. The van der Waals surface area contributed by atoms with Gasteiger partial charge in [0.05, 0.1) is 5.75 Å². The highest BCUT2D eigenvalue weighted by Crippen LogP contribution is 2.28. The molecule has 2 heterocycles. The van der Waals surface area contributed by atoms with Crippen molar-refractivity contribution in [3.05, 3.63) is 82.6 Å². The van der Waals surface area contributed by atoms with E-state index >= 15 is 0 Å². The molecule has 7 nitrogen and oxygen atoms in total. The minimum absolute atomic E-state index is 0.0388. The third kappa shape index (κ3) is 6.09. The van der Waals surface area contributed by atoms with Crippen molar-refractivity contribution in [1.29, 1.82) is 0 Å². The summed E-state index contributed by atoms with van der Waals surface area (Å²) < 4.78 is 1.92. The van der Waals surface area contributed by atoms with Crippen LogP contribution in [0.5, 0.6) is 0 Å². The molecule has 0 saturated carbocycles. The Labute approximate surface area is 200 Å². The molecule has 4 aromatic rings. The van der Waals surface area contributed by atoms with Crippen LogP contribution in [0.15, 0.2) is 77.3 Å². The number of amides is 3. The highest BCUT2D eigenvalue weighted by Gasteiger charge is 2.18. The highest BCUT2D eigenvalue weighted by molar-refractivity contribution is 7.99. The number of hydrogen-bond acceptors (Lipinski definition) is 6. The van der Waals surface area contributed by atoms with E-state index in [-0.39, 0.29) is 5.75 Å². The van der Waals surface area contributed by atoms with Crippen LogP contribution < -0.4 is 10.6 Å². The Kier molecular flexibility index (Phi) is 7.54. The summed E-state index contributed by atoms with van der Waals surface area (Å²) in [6, 6.07) is 21.3. The first-order valence-electron chi connectivity index (χ1n) is 10.4. The van der Waals surface area contributed by atoms with E-state index in [4.69, 9.17) is 0 Å². The van der Waals surface area contributed by atoms with Crippen LogP contribution in [-0.2, 0) is 11.2 Å². The highest BCUT2D eigenvalue weighted by atomic mass is 32.2. The fraction of sp³-hybridized carbons (Fsp3) is 0.167. The van der Waals surface area contributed by atoms with Crippen LogP contribution in [0.4, 0.5) is 4.79 Å². The van der Waals surface area contributed by atoms with Crippen molar-refractivity contribution in [3.63, 3.8) is 0 Å². The molecule has 0 aliphatic carbocycles. The first-order chi connectivity index (χ1) is 16.1. The summed E-state index contributed by atoms with van der Waals surface area (Å²) in [6.07, 6.45) is 0.732. The molecule has 0 aliphatic heterocycles. The molecular formula is C24H23N5O2S2. The Balaban J connectivity index is 1.41. The number of carbonyl (C=O) groups is 2. The van der Waals surface area contributed by atoms with Crippen LogP contribution in [-0.4, -0.2) is 39.0 Å². The van der Waals surface area contributed by atoms with Crippen molar-refractivity contribution < 1.29 is 9.59 Å². The van der Waals surface area contributed by atoms with Crippen molar-refractivity contribution in [2.45, 2.75) is 18.5 Å². The molecule has 3 amide bonds. The Hall–Kier alpha value is -3.43. The van der Waals surface area contributed by atoms with E-state index in [9.17, 15) is 9.59 Å². The molecule has 168 valence electrons. The predicted octanol–water partition coefficient (Wildman–Crippen LogP) is 4.46. The van der Waals surface area contributed by atoms with Gasteiger partial charge in [-0.05, 0) is 36.9 Å². The van der Waals surface area contributed by atoms with E-state index in [2.05, 4.69) is 20.8 Å². The Morgan fingerprint density at radius 1 is 1.00 bits per heavy atom. The van der Waals surface area contributed by atoms with Crippen LogP contribution in [0.25, 0.3) is 17.1 Å². The van der Waals surface area contributed by atoms with E-state index in [1.165, 1.54) is 16.6 Å². The standard InChI is InChI=1S/C24H23N5O2S2/c1-17-9-11-19(12-10-17)29-22(18-6-3-2-4-7-18)27-28-24(29)33-16-21(30)26-23(31)25-14-13-20-8-5-15-32-20/h2-12,15H,13-14,16H2,1H3,(H2,25,26,30,31). The van der Waals surface area contributed by atoms with Gasteiger partial charge in [-0.1, -0.05) is 65.9 Å². The van der Waals surface area contributed by atoms with Gasteiger partial charge in [-0.3, -0.25) is 14.7 Å². The quantitative estimate of drug-likeness (QED) is 0.366. The Morgan fingerprint density at radius 3 is 2.52 bits per heavy atom. The van der Waals surface area contributed by atoms with Gasteiger partial charge in [0.25, 0.3) is 0 Å². The fourth-order valence-corrected chi connectivity index (χ4v) is 4.62. The molecule has 0 spiro atoms. The van der Waals surface area contributed by atoms with E-state index in [1.807, 2.05) is 83.6 Å². The van der Waals surface area contributed by atoms with E-state index in [0.29, 0.717) is 17.5 Å². The molecule has 0 bridgehead atoms. The number of hydrogen-bond donors (Lipinski definition) is 2. The van der Waals surface area contributed by atoms with Crippen LogP contribution >= 0.6 is 23.1 Å². The van der Waals surface area contributed by atoms with E-state index in [1.54, 1.807) is 11.3 Å². The minimum atomic E-state index is -0.498. The summed E-state index contributed by atoms with van der Waals surface area (Å²) in [5, 5.41) is 16.3. The van der Waals surface area contributed by atoms with Gasteiger partial charge in [-0.15, -0.1) is 21.5 Å². The number of aryl methyl sites for hydroxylation is 1. The van der Waals surface area contributed by atoms with Gasteiger partial charge < -0.3 is 5.32 Å². The molecule has 9 heteroatoms. The normalized spacial score (nSPS) is 10.7. The van der Waals surface area contributed by atoms with Crippen molar-refractivity contribution in [2.75, 3.05) is 12.3 Å². The maximum Gasteiger partial charge on any atom is 0.321 e. The third-order valence-electron chi connectivity index (χ3n) is 4.78. The molecule has 2 N–H and O–H groups in total. The van der Waals surface area contributed by atoms with Gasteiger partial charge in [-0.25, -0.2) is 4.79 Å². The number of rotatable bonds is 8. The van der Waals surface area contributed by atoms with Crippen molar-refractivity contribution in [3.8, 4) is 17.1 Å². The number of aromatic nitrogens is 3. The molecule has 0 aliphatic rings. The molecule has 0 unspecified atom stereocenters. The number of imide groups is 1. The zero-order chi connectivity index (χ0) is 23.0. The van der Waals surface area contributed by atoms with Gasteiger partial charge in [0.15, 0.2) is 11.0 Å². The van der Waals surface area contributed by atoms with Gasteiger partial charge in [-0.2, -0.15) is 0 Å². The molecule has 2 aromatic heterocycles. The smallest absolute Gasteiger partial charge is 0.321 e. The molecule has 0 fully saturated rings. The second-order valence-electron chi connectivity index (χ2n) is 7.27. The monoisotopic (exact) mass is 477 g/mol. The van der Waals surface area contributed by atoms with Crippen LogP contribution in [0.3, 0.4) is 0 Å². The second-order valence-corrected chi connectivity index (χ2v) is 9.24. The minimum Gasteiger partial charge on any atom is -0.337 e. The van der Waals surface area contributed by atoms with Gasteiger partial charge in [0, 0.05) is 22.7 Å². The predicted molar refractivity (Wildman–Crippen MR) is 132 cm³/mol. The first-order valence-corrected chi connectivity index (χ1v) is 12.3.